The third-order valence-corrected chi connectivity index (χ3v) is 5.14. The molecule has 7 nitrogen and oxygen atoms in total. The van der Waals surface area contributed by atoms with Crippen molar-refractivity contribution in [3.05, 3.63) is 46.8 Å². The maximum atomic E-state index is 12.1. The Morgan fingerprint density at radius 2 is 2.08 bits per heavy atom. The molecule has 0 unspecified atom stereocenters. The van der Waals surface area contributed by atoms with E-state index in [2.05, 4.69) is 31.0 Å². The number of rotatable bonds is 4. The fraction of sp³-hybridized carbons (Fsp3) is 0.294. The molecule has 0 aliphatic heterocycles. The number of aryl methyl sites for hydroxylation is 2. The van der Waals surface area contributed by atoms with E-state index >= 15 is 0 Å². The van der Waals surface area contributed by atoms with E-state index in [0.29, 0.717) is 11.7 Å². The van der Waals surface area contributed by atoms with E-state index in [1.807, 2.05) is 31.2 Å². The topological polar surface area (TPSA) is 95.6 Å². The molecule has 25 heavy (non-hydrogen) atoms. The summed E-state index contributed by atoms with van der Waals surface area (Å²) in [6, 6.07) is 7.74. The third-order valence-electron chi connectivity index (χ3n) is 4.25. The van der Waals surface area contributed by atoms with Gasteiger partial charge in [-0.3, -0.25) is 10.4 Å². The van der Waals surface area contributed by atoms with Gasteiger partial charge in [-0.2, -0.15) is 5.10 Å². The Morgan fingerprint density at radius 1 is 1.24 bits per heavy atom. The largest absolute Gasteiger partial charge is 0.332 e. The first kappa shape index (κ1) is 15.8. The van der Waals surface area contributed by atoms with E-state index in [1.54, 1.807) is 0 Å². The van der Waals surface area contributed by atoms with Crippen LogP contribution in [0.3, 0.4) is 0 Å². The van der Waals surface area contributed by atoms with Crippen LogP contribution in [0.15, 0.2) is 24.3 Å². The summed E-state index contributed by atoms with van der Waals surface area (Å²) < 4.78 is 0. The number of anilines is 1. The monoisotopic (exact) mass is 354 g/mol. The molecule has 0 spiro atoms. The minimum absolute atomic E-state index is 0.304. The number of amides is 2. The van der Waals surface area contributed by atoms with Gasteiger partial charge in [0.15, 0.2) is 0 Å². The first-order valence-electron chi connectivity index (χ1n) is 8.19. The van der Waals surface area contributed by atoms with Crippen LogP contribution >= 0.6 is 11.3 Å². The fourth-order valence-electron chi connectivity index (χ4n) is 2.93. The Morgan fingerprint density at radius 3 is 2.92 bits per heavy atom. The lowest BCUT2D eigenvalue weighted by Crippen LogP contribution is -2.28. The van der Waals surface area contributed by atoms with Crippen molar-refractivity contribution in [1.82, 2.24) is 25.7 Å². The minimum Gasteiger partial charge on any atom is -0.332 e. The van der Waals surface area contributed by atoms with Gasteiger partial charge in [-0.05, 0) is 31.7 Å². The third kappa shape index (κ3) is 3.39. The molecule has 4 rings (SSSR count). The number of hydrogen-bond donors (Lipinski definition) is 3. The zero-order valence-electron chi connectivity index (χ0n) is 13.8. The highest BCUT2D eigenvalue weighted by molar-refractivity contribution is 7.18. The summed E-state index contributed by atoms with van der Waals surface area (Å²) in [5, 5.41) is 22.3. The molecule has 0 saturated heterocycles. The average Bonchev–Trinajstić information content (AvgIpc) is 3.31. The van der Waals surface area contributed by atoms with Crippen molar-refractivity contribution < 1.29 is 4.79 Å². The second-order valence-electron chi connectivity index (χ2n) is 6.07. The molecule has 0 radical (unpaired) electrons. The number of carbonyl (C=O) groups excluding carboxylic acids is 1. The lowest BCUT2D eigenvalue weighted by Gasteiger charge is -2.04. The predicted molar refractivity (Wildman–Crippen MR) is 96.6 cm³/mol. The lowest BCUT2D eigenvalue weighted by atomic mass is 10.2. The molecule has 0 fully saturated rings. The molecule has 1 aliphatic carbocycles. The number of benzene rings is 1. The molecule has 2 amide bonds. The van der Waals surface area contributed by atoms with E-state index in [4.69, 9.17) is 0 Å². The standard InChI is InChI=1S/C17H18N6OS/c1-10-5-7-11(8-6-10)15-22-23-17(25-15)19-16(24)18-9-14-12-3-2-4-13(12)20-21-14/h5-8H,2-4,9H2,1H3,(H,20,21)(H2,18,19,23,24). The Hall–Kier alpha value is -2.74. The molecular formula is C17H18N6OS. The fourth-order valence-corrected chi connectivity index (χ4v) is 3.67. The van der Waals surface area contributed by atoms with Gasteiger partial charge in [0.2, 0.25) is 5.13 Å². The van der Waals surface area contributed by atoms with Crippen molar-refractivity contribution in [1.29, 1.82) is 0 Å². The zero-order valence-corrected chi connectivity index (χ0v) is 14.6. The van der Waals surface area contributed by atoms with Crippen LogP contribution in [-0.4, -0.2) is 26.4 Å². The number of hydrogen-bond acceptors (Lipinski definition) is 5. The van der Waals surface area contributed by atoms with Gasteiger partial charge in [0.25, 0.3) is 0 Å². The van der Waals surface area contributed by atoms with Gasteiger partial charge >= 0.3 is 6.03 Å². The second kappa shape index (κ2) is 6.64. The molecular weight excluding hydrogens is 336 g/mol. The maximum absolute atomic E-state index is 12.1. The van der Waals surface area contributed by atoms with Crippen LogP contribution in [0.4, 0.5) is 9.93 Å². The molecule has 3 aromatic rings. The number of carbonyl (C=O) groups is 1. The molecule has 2 heterocycles. The summed E-state index contributed by atoms with van der Waals surface area (Å²) in [4.78, 5) is 12.1. The Bertz CT molecular complexity index is 898. The molecule has 2 aromatic heterocycles. The van der Waals surface area contributed by atoms with Crippen LogP contribution < -0.4 is 10.6 Å². The van der Waals surface area contributed by atoms with Crippen LogP contribution in [0.1, 0.15) is 28.9 Å². The average molecular weight is 354 g/mol. The highest BCUT2D eigenvalue weighted by Crippen LogP contribution is 2.26. The molecule has 1 aromatic carbocycles. The lowest BCUT2D eigenvalue weighted by molar-refractivity contribution is 0.251. The number of aromatic nitrogens is 4. The molecule has 0 bridgehead atoms. The summed E-state index contributed by atoms with van der Waals surface area (Å²) >= 11 is 1.35. The summed E-state index contributed by atoms with van der Waals surface area (Å²) in [7, 11) is 0. The molecule has 8 heteroatoms. The van der Waals surface area contributed by atoms with E-state index in [9.17, 15) is 4.79 Å². The molecule has 3 N–H and O–H groups in total. The van der Waals surface area contributed by atoms with Crippen molar-refractivity contribution in [2.24, 2.45) is 0 Å². The smallest absolute Gasteiger partial charge is 0.321 e. The maximum Gasteiger partial charge on any atom is 0.321 e. The summed E-state index contributed by atoms with van der Waals surface area (Å²) in [5.74, 6) is 0. The number of urea groups is 1. The van der Waals surface area contributed by atoms with Crippen LogP contribution in [0.2, 0.25) is 0 Å². The highest BCUT2D eigenvalue weighted by atomic mass is 32.1. The van der Waals surface area contributed by atoms with Gasteiger partial charge in [-0.1, -0.05) is 41.2 Å². The number of aromatic amines is 1. The predicted octanol–water partition coefficient (Wildman–Crippen LogP) is 3.05. The van der Waals surface area contributed by atoms with Crippen LogP contribution in [0.5, 0.6) is 0 Å². The summed E-state index contributed by atoms with van der Waals surface area (Å²) in [6.45, 7) is 2.44. The molecule has 0 atom stereocenters. The van der Waals surface area contributed by atoms with Crippen LogP contribution in [0, 0.1) is 6.92 Å². The van der Waals surface area contributed by atoms with E-state index in [0.717, 1.165) is 35.5 Å². The van der Waals surface area contributed by atoms with Gasteiger partial charge in [0.05, 0.1) is 12.2 Å². The first-order chi connectivity index (χ1) is 12.2. The first-order valence-corrected chi connectivity index (χ1v) is 9.01. The van der Waals surface area contributed by atoms with Gasteiger partial charge in [0.1, 0.15) is 5.01 Å². The minimum atomic E-state index is -0.304. The Kier molecular flexibility index (Phi) is 4.19. The number of nitrogens with zero attached hydrogens (tertiary/aromatic N) is 3. The van der Waals surface area contributed by atoms with Crippen LogP contribution in [-0.2, 0) is 19.4 Å². The zero-order chi connectivity index (χ0) is 17.2. The number of H-pyrrole nitrogens is 1. The molecule has 128 valence electrons. The Balaban J connectivity index is 1.35. The van der Waals surface area contributed by atoms with Crippen molar-refractivity contribution in [3.63, 3.8) is 0 Å². The van der Waals surface area contributed by atoms with Crippen molar-refractivity contribution in [2.75, 3.05) is 5.32 Å². The van der Waals surface area contributed by atoms with Gasteiger partial charge in [-0.25, -0.2) is 4.79 Å². The number of nitrogens with one attached hydrogen (secondary N) is 3. The second-order valence-corrected chi connectivity index (χ2v) is 7.04. The van der Waals surface area contributed by atoms with Gasteiger partial charge in [-0.15, -0.1) is 10.2 Å². The van der Waals surface area contributed by atoms with Crippen molar-refractivity contribution in [3.8, 4) is 10.6 Å². The highest BCUT2D eigenvalue weighted by Gasteiger charge is 2.18. The number of fused-ring (bicyclic) bond motifs is 1. The molecule has 1 aliphatic rings. The Labute approximate surface area is 148 Å². The summed E-state index contributed by atoms with van der Waals surface area (Å²) in [6.07, 6.45) is 3.22. The van der Waals surface area contributed by atoms with Gasteiger partial charge in [0, 0.05) is 11.3 Å². The van der Waals surface area contributed by atoms with E-state index < -0.39 is 0 Å². The van der Waals surface area contributed by atoms with Crippen LogP contribution in [0.25, 0.3) is 10.6 Å². The van der Waals surface area contributed by atoms with E-state index in [-0.39, 0.29) is 6.03 Å². The summed E-state index contributed by atoms with van der Waals surface area (Å²) in [5.41, 5.74) is 5.54. The quantitative estimate of drug-likeness (QED) is 0.671. The van der Waals surface area contributed by atoms with Crippen molar-refractivity contribution in [2.45, 2.75) is 32.7 Å². The normalized spacial score (nSPS) is 12.8. The molecule has 0 saturated carbocycles. The van der Waals surface area contributed by atoms with E-state index in [1.165, 1.54) is 28.2 Å². The SMILES string of the molecule is Cc1ccc(-c2nnc(NC(=O)NCc3n[nH]c4c3CCC4)s2)cc1. The van der Waals surface area contributed by atoms with Gasteiger partial charge < -0.3 is 5.32 Å². The van der Waals surface area contributed by atoms with Crippen molar-refractivity contribution >= 4 is 22.5 Å².